The van der Waals surface area contributed by atoms with Crippen molar-refractivity contribution in [1.29, 1.82) is 0 Å². The summed E-state index contributed by atoms with van der Waals surface area (Å²) >= 11 is 3.60. The molecular weight excluding hydrogens is 294 g/mol. The van der Waals surface area contributed by atoms with E-state index in [9.17, 15) is 0 Å². The lowest BCUT2D eigenvalue weighted by molar-refractivity contribution is 0.937. The van der Waals surface area contributed by atoms with Crippen molar-refractivity contribution in [2.24, 2.45) is 0 Å². The van der Waals surface area contributed by atoms with Crippen molar-refractivity contribution in [2.45, 2.75) is 0 Å². The van der Waals surface area contributed by atoms with Crippen molar-refractivity contribution in [3.63, 3.8) is 0 Å². The molecule has 0 aliphatic rings. The second-order valence-corrected chi connectivity index (χ2v) is 4.72. The largest absolute Gasteiger partial charge is 0.262 e. The zero-order valence-electron chi connectivity index (χ0n) is 9.08. The molecule has 0 atom stereocenters. The minimum Gasteiger partial charge on any atom is -0.262 e. The lowest BCUT2D eigenvalue weighted by atomic mass is 10.2. The number of fused-ring (bicyclic) bond motifs is 4. The van der Waals surface area contributed by atoms with E-state index in [-0.39, 0.29) is 0 Å². The number of nitrogens with zero attached hydrogens (tertiary/aromatic N) is 5. The smallest absolute Gasteiger partial charge is 0.127 e. The van der Waals surface area contributed by atoms with Crippen molar-refractivity contribution < 1.29 is 0 Å². The van der Waals surface area contributed by atoms with E-state index in [1.807, 2.05) is 12.1 Å². The fourth-order valence-electron chi connectivity index (χ4n) is 2.06. The van der Waals surface area contributed by atoms with E-state index in [1.54, 1.807) is 29.4 Å². The molecule has 4 heterocycles. The molecule has 4 aromatic heterocycles. The van der Waals surface area contributed by atoms with E-state index in [1.165, 1.54) is 0 Å². The number of halogens is 1. The monoisotopic (exact) mass is 299 g/mol. The number of rotatable bonds is 0. The first-order chi connectivity index (χ1) is 8.84. The second-order valence-electron chi connectivity index (χ2n) is 3.93. The summed E-state index contributed by atoms with van der Waals surface area (Å²) in [7, 11) is 0. The molecule has 18 heavy (non-hydrogen) atoms. The SMILES string of the molecule is Brc1c2ccncc2nc2c1nn1cnccc21. The van der Waals surface area contributed by atoms with Gasteiger partial charge in [-0.05, 0) is 28.1 Å². The van der Waals surface area contributed by atoms with Crippen molar-refractivity contribution in [3.05, 3.63) is 41.5 Å². The zero-order valence-corrected chi connectivity index (χ0v) is 10.7. The van der Waals surface area contributed by atoms with Crippen LogP contribution in [0.5, 0.6) is 0 Å². The highest BCUT2D eigenvalue weighted by Gasteiger charge is 2.12. The van der Waals surface area contributed by atoms with Crippen molar-refractivity contribution in [1.82, 2.24) is 24.6 Å². The number of aromatic nitrogens is 5. The lowest BCUT2D eigenvalue weighted by Gasteiger charge is -1.99. The molecule has 0 unspecified atom stereocenters. The quantitative estimate of drug-likeness (QED) is 0.501. The van der Waals surface area contributed by atoms with Gasteiger partial charge in [-0.3, -0.25) is 4.98 Å². The van der Waals surface area contributed by atoms with Gasteiger partial charge in [0.25, 0.3) is 0 Å². The average molecular weight is 300 g/mol. The first kappa shape index (κ1) is 9.90. The zero-order chi connectivity index (χ0) is 12.1. The third kappa shape index (κ3) is 1.20. The van der Waals surface area contributed by atoms with E-state index in [0.717, 1.165) is 31.9 Å². The fraction of sp³-hybridized carbons (Fsp3) is 0. The van der Waals surface area contributed by atoms with Crippen LogP contribution in [0.3, 0.4) is 0 Å². The van der Waals surface area contributed by atoms with Crippen LogP contribution in [0.15, 0.2) is 41.5 Å². The highest BCUT2D eigenvalue weighted by molar-refractivity contribution is 9.10. The highest BCUT2D eigenvalue weighted by Crippen LogP contribution is 2.30. The minimum absolute atomic E-state index is 0.835. The van der Waals surface area contributed by atoms with E-state index in [4.69, 9.17) is 0 Å². The predicted octanol–water partition coefficient (Wildman–Crippen LogP) is 2.59. The van der Waals surface area contributed by atoms with E-state index < -0.39 is 0 Å². The van der Waals surface area contributed by atoms with Gasteiger partial charge in [0, 0.05) is 17.8 Å². The Labute approximate surface area is 110 Å². The van der Waals surface area contributed by atoms with Gasteiger partial charge >= 0.3 is 0 Å². The van der Waals surface area contributed by atoms with Crippen molar-refractivity contribution in [2.75, 3.05) is 0 Å². The maximum atomic E-state index is 4.62. The summed E-state index contributed by atoms with van der Waals surface area (Å²) in [6.45, 7) is 0. The molecule has 0 spiro atoms. The van der Waals surface area contributed by atoms with Gasteiger partial charge in [0.05, 0.1) is 21.7 Å². The Kier molecular flexibility index (Phi) is 1.90. The lowest BCUT2D eigenvalue weighted by Crippen LogP contribution is -1.85. The van der Waals surface area contributed by atoms with Crippen molar-refractivity contribution in [3.8, 4) is 0 Å². The Morgan fingerprint density at radius 3 is 2.89 bits per heavy atom. The van der Waals surface area contributed by atoms with Crippen LogP contribution < -0.4 is 0 Å². The Morgan fingerprint density at radius 2 is 1.94 bits per heavy atom. The van der Waals surface area contributed by atoms with Gasteiger partial charge in [-0.2, -0.15) is 5.10 Å². The summed E-state index contributed by atoms with van der Waals surface area (Å²) < 4.78 is 2.67. The Balaban J connectivity index is 2.33. The summed E-state index contributed by atoms with van der Waals surface area (Å²) in [4.78, 5) is 12.8. The highest BCUT2D eigenvalue weighted by atomic mass is 79.9. The molecule has 6 heteroatoms. The molecule has 0 saturated heterocycles. The first-order valence-corrected chi connectivity index (χ1v) is 6.15. The molecule has 0 saturated carbocycles. The van der Waals surface area contributed by atoms with Gasteiger partial charge in [-0.25, -0.2) is 14.5 Å². The van der Waals surface area contributed by atoms with Crippen LogP contribution in [0.4, 0.5) is 0 Å². The Hall–Kier alpha value is -2.08. The number of hydrogen-bond donors (Lipinski definition) is 0. The van der Waals surface area contributed by atoms with Crippen LogP contribution in [0.1, 0.15) is 0 Å². The van der Waals surface area contributed by atoms with E-state index in [2.05, 4.69) is 36.0 Å². The van der Waals surface area contributed by atoms with Gasteiger partial charge in [0.1, 0.15) is 17.4 Å². The third-order valence-electron chi connectivity index (χ3n) is 2.89. The maximum Gasteiger partial charge on any atom is 0.127 e. The van der Waals surface area contributed by atoms with Crippen LogP contribution >= 0.6 is 15.9 Å². The van der Waals surface area contributed by atoms with E-state index >= 15 is 0 Å². The molecule has 0 aliphatic heterocycles. The van der Waals surface area contributed by atoms with Gasteiger partial charge in [0.15, 0.2) is 0 Å². The summed E-state index contributed by atoms with van der Waals surface area (Å²) in [5.74, 6) is 0. The molecular formula is C12H6BrN5. The molecule has 5 nitrogen and oxygen atoms in total. The van der Waals surface area contributed by atoms with Crippen LogP contribution in [0.25, 0.3) is 27.5 Å². The molecule has 0 bridgehead atoms. The van der Waals surface area contributed by atoms with Gasteiger partial charge < -0.3 is 0 Å². The molecule has 0 fully saturated rings. The average Bonchev–Trinajstić information content (AvgIpc) is 2.79. The van der Waals surface area contributed by atoms with Gasteiger partial charge in [-0.1, -0.05) is 0 Å². The standard InChI is InChI=1S/C12H6BrN5/c13-10-7-1-3-14-5-8(7)16-11-9-2-4-15-6-18(9)17-12(10)11/h1-6H. The molecule has 0 radical (unpaired) electrons. The van der Waals surface area contributed by atoms with Crippen LogP contribution in [0.2, 0.25) is 0 Å². The fourth-order valence-corrected chi connectivity index (χ4v) is 2.67. The molecule has 4 aromatic rings. The number of hydrogen-bond acceptors (Lipinski definition) is 4. The second kappa shape index (κ2) is 3.46. The number of pyridine rings is 2. The van der Waals surface area contributed by atoms with Gasteiger partial charge in [0.2, 0.25) is 0 Å². The van der Waals surface area contributed by atoms with Crippen LogP contribution in [0, 0.1) is 0 Å². The minimum atomic E-state index is 0.835. The molecule has 4 rings (SSSR count). The van der Waals surface area contributed by atoms with Crippen molar-refractivity contribution >= 4 is 43.4 Å². The van der Waals surface area contributed by atoms with Crippen LogP contribution in [-0.2, 0) is 0 Å². The summed E-state index contributed by atoms with van der Waals surface area (Å²) in [6, 6.07) is 3.82. The van der Waals surface area contributed by atoms with Gasteiger partial charge in [-0.15, -0.1) is 0 Å². The molecule has 86 valence electrons. The molecule has 0 aromatic carbocycles. The summed E-state index contributed by atoms with van der Waals surface area (Å²) in [6.07, 6.45) is 6.91. The first-order valence-electron chi connectivity index (χ1n) is 5.36. The third-order valence-corrected chi connectivity index (χ3v) is 3.70. The summed E-state index contributed by atoms with van der Waals surface area (Å²) in [5, 5.41) is 5.50. The summed E-state index contributed by atoms with van der Waals surface area (Å²) in [5.41, 5.74) is 3.47. The maximum absolute atomic E-state index is 4.62. The van der Waals surface area contributed by atoms with Crippen LogP contribution in [-0.4, -0.2) is 24.6 Å². The molecule has 0 amide bonds. The molecule has 0 N–H and O–H groups in total. The Bertz CT molecular complexity index is 899. The van der Waals surface area contributed by atoms with E-state index in [0.29, 0.717) is 0 Å². The topological polar surface area (TPSA) is 56.0 Å². The predicted molar refractivity (Wildman–Crippen MR) is 71.3 cm³/mol. The Morgan fingerprint density at radius 1 is 1.06 bits per heavy atom. The molecule has 0 aliphatic carbocycles. The normalized spacial score (nSPS) is 11.6.